The third-order valence-corrected chi connectivity index (χ3v) is 3.77. The lowest BCUT2D eigenvalue weighted by Gasteiger charge is -2.26. The van der Waals surface area contributed by atoms with Gasteiger partial charge in [-0.05, 0) is 26.8 Å². The first-order valence-electron chi connectivity index (χ1n) is 6.61. The van der Waals surface area contributed by atoms with E-state index in [1.807, 2.05) is 13.2 Å². The maximum absolute atomic E-state index is 5.79. The van der Waals surface area contributed by atoms with Crippen LogP contribution in [0, 0.1) is 5.92 Å². The fraction of sp³-hybridized carbons (Fsp3) is 0.769. The van der Waals surface area contributed by atoms with Crippen molar-refractivity contribution in [1.29, 1.82) is 0 Å². The minimum absolute atomic E-state index is 0.303. The summed E-state index contributed by atoms with van der Waals surface area (Å²) in [4.78, 5) is 4.52. The molecule has 1 aliphatic heterocycles. The van der Waals surface area contributed by atoms with Crippen molar-refractivity contribution in [2.45, 2.75) is 45.4 Å². The number of hydrogen-bond donors (Lipinski definition) is 1. The highest BCUT2D eigenvalue weighted by Gasteiger charge is 2.35. The van der Waals surface area contributed by atoms with Gasteiger partial charge in [-0.1, -0.05) is 6.92 Å². The van der Waals surface area contributed by atoms with Gasteiger partial charge in [-0.25, -0.2) is 4.98 Å². The summed E-state index contributed by atoms with van der Waals surface area (Å²) in [6.07, 6.45) is 6.52. The number of hydrogen-bond acceptors (Lipinski definition) is 3. The Morgan fingerprint density at radius 3 is 3.06 bits per heavy atom. The van der Waals surface area contributed by atoms with Crippen molar-refractivity contribution in [1.82, 2.24) is 14.9 Å². The highest BCUT2D eigenvalue weighted by Crippen LogP contribution is 2.33. The van der Waals surface area contributed by atoms with Gasteiger partial charge in [0.2, 0.25) is 0 Å². The second-order valence-electron chi connectivity index (χ2n) is 4.61. The van der Waals surface area contributed by atoms with Crippen LogP contribution in [0.1, 0.15) is 38.6 Å². The van der Waals surface area contributed by atoms with Crippen molar-refractivity contribution in [3.8, 4) is 0 Å². The predicted molar refractivity (Wildman–Crippen MR) is 67.8 cm³/mol. The lowest BCUT2D eigenvalue weighted by atomic mass is 9.90. The van der Waals surface area contributed by atoms with Gasteiger partial charge in [0.25, 0.3) is 0 Å². The van der Waals surface area contributed by atoms with Crippen LogP contribution in [0.2, 0.25) is 0 Å². The molecule has 0 bridgehead atoms. The van der Waals surface area contributed by atoms with Crippen LogP contribution in [0.15, 0.2) is 12.4 Å². The average Bonchev–Trinajstić information content (AvgIpc) is 2.98. The zero-order chi connectivity index (χ0) is 12.3. The van der Waals surface area contributed by atoms with E-state index in [4.69, 9.17) is 4.74 Å². The van der Waals surface area contributed by atoms with Gasteiger partial charge in [-0.15, -0.1) is 0 Å². The maximum Gasteiger partial charge on any atom is 0.126 e. The normalized spacial score (nSPS) is 26.3. The number of imidazole rings is 1. The molecular weight excluding hydrogens is 214 g/mol. The third kappa shape index (κ3) is 2.38. The standard InChI is InChI=1S/C13H23N3O/c1-4-11-10(6-9-17-11)12(14-3)13-15-7-8-16(13)5-2/h7-8,10-12,14H,4-6,9H2,1-3H3. The minimum atomic E-state index is 0.303. The maximum atomic E-state index is 5.79. The van der Waals surface area contributed by atoms with Crippen LogP contribution in [-0.2, 0) is 11.3 Å². The van der Waals surface area contributed by atoms with E-state index >= 15 is 0 Å². The van der Waals surface area contributed by atoms with Crippen LogP contribution in [0.4, 0.5) is 0 Å². The summed E-state index contributed by atoms with van der Waals surface area (Å²) in [6.45, 7) is 6.20. The van der Waals surface area contributed by atoms with Crippen LogP contribution in [0.25, 0.3) is 0 Å². The highest BCUT2D eigenvalue weighted by atomic mass is 16.5. The van der Waals surface area contributed by atoms with E-state index in [0.29, 0.717) is 18.1 Å². The van der Waals surface area contributed by atoms with Crippen molar-refractivity contribution in [3.05, 3.63) is 18.2 Å². The first kappa shape index (κ1) is 12.6. The largest absolute Gasteiger partial charge is 0.378 e. The van der Waals surface area contributed by atoms with Gasteiger partial charge >= 0.3 is 0 Å². The molecule has 3 unspecified atom stereocenters. The first-order valence-corrected chi connectivity index (χ1v) is 6.61. The Morgan fingerprint density at radius 2 is 2.41 bits per heavy atom. The van der Waals surface area contributed by atoms with Gasteiger partial charge in [-0.3, -0.25) is 0 Å². The van der Waals surface area contributed by atoms with Gasteiger partial charge in [0.15, 0.2) is 0 Å². The summed E-state index contributed by atoms with van der Waals surface area (Å²) >= 11 is 0. The second-order valence-corrected chi connectivity index (χ2v) is 4.61. The molecule has 1 fully saturated rings. The Labute approximate surface area is 103 Å². The molecule has 3 atom stereocenters. The first-order chi connectivity index (χ1) is 8.31. The molecule has 1 N–H and O–H groups in total. The summed E-state index contributed by atoms with van der Waals surface area (Å²) in [5.74, 6) is 1.68. The number of rotatable bonds is 5. The molecule has 4 nitrogen and oxygen atoms in total. The van der Waals surface area contributed by atoms with Gasteiger partial charge in [0.1, 0.15) is 5.82 Å². The average molecular weight is 237 g/mol. The summed E-state index contributed by atoms with van der Waals surface area (Å²) in [5, 5.41) is 3.42. The van der Waals surface area contributed by atoms with Crippen molar-refractivity contribution >= 4 is 0 Å². The van der Waals surface area contributed by atoms with E-state index in [9.17, 15) is 0 Å². The van der Waals surface area contributed by atoms with Crippen molar-refractivity contribution in [2.24, 2.45) is 5.92 Å². The lowest BCUT2D eigenvalue weighted by molar-refractivity contribution is 0.0769. The zero-order valence-corrected chi connectivity index (χ0v) is 11.0. The van der Waals surface area contributed by atoms with Gasteiger partial charge in [0, 0.05) is 31.5 Å². The Morgan fingerprint density at radius 1 is 1.59 bits per heavy atom. The van der Waals surface area contributed by atoms with E-state index in [2.05, 4.69) is 34.9 Å². The van der Waals surface area contributed by atoms with Crippen LogP contribution in [-0.4, -0.2) is 29.3 Å². The SMILES string of the molecule is CCC1OCCC1C(NC)c1nccn1CC. The van der Waals surface area contributed by atoms with Crippen LogP contribution >= 0.6 is 0 Å². The zero-order valence-electron chi connectivity index (χ0n) is 11.0. The van der Waals surface area contributed by atoms with E-state index in [-0.39, 0.29) is 0 Å². The quantitative estimate of drug-likeness (QED) is 0.851. The van der Waals surface area contributed by atoms with E-state index < -0.39 is 0 Å². The molecule has 1 aliphatic rings. The van der Waals surface area contributed by atoms with Crippen molar-refractivity contribution < 1.29 is 4.74 Å². The molecule has 2 rings (SSSR count). The van der Waals surface area contributed by atoms with E-state index in [1.165, 1.54) is 0 Å². The van der Waals surface area contributed by atoms with E-state index in [0.717, 1.165) is 31.8 Å². The van der Waals surface area contributed by atoms with Crippen LogP contribution in [0.3, 0.4) is 0 Å². The summed E-state index contributed by atoms with van der Waals surface area (Å²) in [5.41, 5.74) is 0. The van der Waals surface area contributed by atoms with Crippen LogP contribution in [0.5, 0.6) is 0 Å². The van der Waals surface area contributed by atoms with Gasteiger partial charge in [0.05, 0.1) is 12.1 Å². The molecule has 2 heterocycles. The smallest absolute Gasteiger partial charge is 0.126 e. The molecule has 17 heavy (non-hydrogen) atoms. The Hall–Kier alpha value is -0.870. The molecule has 1 aromatic rings. The molecule has 0 spiro atoms. The fourth-order valence-corrected chi connectivity index (χ4v) is 2.87. The summed E-state index contributed by atoms with van der Waals surface area (Å²) in [6, 6.07) is 0.303. The van der Waals surface area contributed by atoms with Crippen LogP contribution < -0.4 is 5.32 Å². The topological polar surface area (TPSA) is 39.1 Å². The van der Waals surface area contributed by atoms with E-state index in [1.54, 1.807) is 0 Å². The molecule has 1 saturated heterocycles. The molecular formula is C13H23N3O. The number of nitrogens with zero attached hydrogens (tertiary/aromatic N) is 2. The van der Waals surface area contributed by atoms with Gasteiger partial charge in [-0.2, -0.15) is 0 Å². The lowest BCUT2D eigenvalue weighted by Crippen LogP contribution is -2.32. The highest BCUT2D eigenvalue weighted by molar-refractivity contribution is 5.03. The Kier molecular flexibility index (Phi) is 4.18. The fourth-order valence-electron chi connectivity index (χ4n) is 2.87. The number of aryl methyl sites for hydroxylation is 1. The second kappa shape index (κ2) is 5.65. The molecule has 0 aliphatic carbocycles. The van der Waals surface area contributed by atoms with Crippen molar-refractivity contribution in [2.75, 3.05) is 13.7 Å². The van der Waals surface area contributed by atoms with Crippen molar-refractivity contribution in [3.63, 3.8) is 0 Å². The minimum Gasteiger partial charge on any atom is -0.378 e. The molecule has 0 radical (unpaired) electrons. The Balaban J connectivity index is 2.21. The molecule has 96 valence electrons. The number of ether oxygens (including phenoxy) is 1. The third-order valence-electron chi connectivity index (χ3n) is 3.77. The molecule has 4 heteroatoms. The van der Waals surface area contributed by atoms with Gasteiger partial charge < -0.3 is 14.6 Å². The molecule has 0 amide bonds. The monoisotopic (exact) mass is 237 g/mol. The Bertz CT molecular complexity index is 350. The molecule has 0 saturated carbocycles. The summed E-state index contributed by atoms with van der Waals surface area (Å²) < 4.78 is 8.01. The molecule has 0 aromatic carbocycles. The predicted octanol–water partition coefficient (Wildman–Crippen LogP) is 1.98. The number of aromatic nitrogens is 2. The number of nitrogens with one attached hydrogen (secondary N) is 1. The summed E-state index contributed by atoms with van der Waals surface area (Å²) in [7, 11) is 2.02. The molecule has 1 aromatic heterocycles.